The van der Waals surface area contributed by atoms with Crippen LogP contribution in [-0.4, -0.2) is 9.78 Å². The van der Waals surface area contributed by atoms with Gasteiger partial charge in [0.15, 0.2) is 0 Å². The first kappa shape index (κ1) is 9.95. The topological polar surface area (TPSA) is 37.8 Å². The van der Waals surface area contributed by atoms with Crippen molar-refractivity contribution in [2.45, 2.75) is 32.7 Å². The van der Waals surface area contributed by atoms with Crippen LogP contribution in [0, 0.1) is 0 Å². The Morgan fingerprint density at radius 3 is 2.62 bits per heavy atom. The van der Waals surface area contributed by atoms with Crippen molar-refractivity contribution in [1.29, 1.82) is 0 Å². The molecule has 0 saturated carbocycles. The summed E-state index contributed by atoms with van der Waals surface area (Å²) in [6.07, 6.45) is -1.89. The molecule has 3 nitrogen and oxygen atoms in total. The number of rotatable bonds is 3. The van der Waals surface area contributed by atoms with E-state index >= 15 is 0 Å². The van der Waals surface area contributed by atoms with Crippen molar-refractivity contribution in [3.63, 3.8) is 0 Å². The average Bonchev–Trinajstić information content (AvgIpc) is 2.46. The molecule has 0 bridgehead atoms. The fourth-order valence-electron chi connectivity index (χ4n) is 1.05. The van der Waals surface area contributed by atoms with E-state index in [-0.39, 0.29) is 11.7 Å². The fourth-order valence-corrected chi connectivity index (χ4v) is 1.05. The molecule has 1 heterocycles. The molecule has 0 amide bonds. The highest BCUT2D eigenvalue weighted by atomic mass is 19.3. The van der Waals surface area contributed by atoms with Crippen molar-refractivity contribution < 1.29 is 8.78 Å². The summed E-state index contributed by atoms with van der Waals surface area (Å²) in [5.41, 5.74) is -0.713. The van der Waals surface area contributed by atoms with Gasteiger partial charge in [-0.15, -0.1) is 0 Å². The van der Waals surface area contributed by atoms with Crippen molar-refractivity contribution in [2.75, 3.05) is 0 Å². The van der Waals surface area contributed by atoms with Crippen LogP contribution >= 0.6 is 0 Å². The molecule has 0 saturated heterocycles. The van der Waals surface area contributed by atoms with Crippen molar-refractivity contribution in [3.8, 4) is 0 Å². The Balaban J connectivity index is 3.03. The maximum Gasteiger partial charge on any atom is 0.279 e. The Bertz CT molecular complexity index is 329. The summed E-state index contributed by atoms with van der Waals surface area (Å²) in [5.74, 6) is 0. The lowest BCUT2D eigenvalue weighted by molar-refractivity contribution is 0.144. The quantitative estimate of drug-likeness (QED) is 0.778. The molecule has 1 aromatic rings. The molecule has 1 atom stereocenters. The van der Waals surface area contributed by atoms with E-state index < -0.39 is 12.0 Å². The summed E-state index contributed by atoms with van der Waals surface area (Å²) < 4.78 is 25.5. The van der Waals surface area contributed by atoms with Crippen LogP contribution in [0.3, 0.4) is 0 Å². The van der Waals surface area contributed by atoms with Gasteiger partial charge >= 0.3 is 0 Å². The predicted molar refractivity (Wildman–Crippen MR) is 45.0 cm³/mol. The smallest absolute Gasteiger partial charge is 0.279 e. The minimum absolute atomic E-state index is 0.0694. The second-order valence-electron chi connectivity index (χ2n) is 2.98. The maximum atomic E-state index is 12.1. The summed E-state index contributed by atoms with van der Waals surface area (Å²) >= 11 is 0. The number of aromatic amines is 1. The first-order valence-electron chi connectivity index (χ1n) is 4.15. The highest BCUT2D eigenvalue weighted by molar-refractivity contribution is 5.01. The van der Waals surface area contributed by atoms with Crippen LogP contribution in [0.4, 0.5) is 8.78 Å². The summed E-state index contributed by atoms with van der Waals surface area (Å²) in [7, 11) is 0. The molecule has 13 heavy (non-hydrogen) atoms. The average molecular weight is 190 g/mol. The van der Waals surface area contributed by atoms with Gasteiger partial charge in [-0.2, -0.15) is 0 Å². The van der Waals surface area contributed by atoms with E-state index in [1.54, 1.807) is 6.92 Å². The zero-order valence-electron chi connectivity index (χ0n) is 7.55. The monoisotopic (exact) mass is 190 g/mol. The third-order valence-electron chi connectivity index (χ3n) is 2.03. The number of nitrogens with zero attached hydrogens (tertiary/aromatic N) is 1. The molecule has 0 aliphatic rings. The number of alkyl halides is 2. The van der Waals surface area contributed by atoms with Crippen molar-refractivity contribution >= 4 is 0 Å². The largest absolute Gasteiger partial charge is 0.294 e. The van der Waals surface area contributed by atoms with E-state index in [9.17, 15) is 13.6 Å². The molecule has 1 aromatic heterocycles. The van der Waals surface area contributed by atoms with Crippen LogP contribution in [0.1, 0.15) is 38.4 Å². The highest BCUT2D eigenvalue weighted by Gasteiger charge is 2.14. The van der Waals surface area contributed by atoms with E-state index in [0.29, 0.717) is 0 Å². The van der Waals surface area contributed by atoms with Gasteiger partial charge in [0.05, 0.1) is 6.04 Å². The minimum Gasteiger partial charge on any atom is -0.294 e. The number of halogens is 2. The van der Waals surface area contributed by atoms with Gasteiger partial charge in [0.2, 0.25) is 0 Å². The first-order valence-corrected chi connectivity index (χ1v) is 4.15. The number of nitrogens with one attached hydrogen (secondary N) is 1. The second kappa shape index (κ2) is 3.72. The molecule has 0 radical (unpaired) electrons. The third kappa shape index (κ3) is 1.96. The van der Waals surface area contributed by atoms with Crippen molar-refractivity contribution in [2.24, 2.45) is 0 Å². The van der Waals surface area contributed by atoms with Crippen LogP contribution < -0.4 is 5.56 Å². The Morgan fingerprint density at radius 1 is 1.62 bits per heavy atom. The molecule has 0 spiro atoms. The van der Waals surface area contributed by atoms with E-state index in [1.165, 1.54) is 4.68 Å². The Hall–Kier alpha value is -1.13. The third-order valence-corrected chi connectivity index (χ3v) is 2.03. The number of hydrogen-bond donors (Lipinski definition) is 1. The van der Waals surface area contributed by atoms with Gasteiger partial charge in [-0.3, -0.25) is 14.6 Å². The lowest BCUT2D eigenvalue weighted by Gasteiger charge is -2.08. The zero-order chi connectivity index (χ0) is 10.0. The Morgan fingerprint density at radius 2 is 2.23 bits per heavy atom. The molecule has 1 N–H and O–H groups in total. The molecule has 74 valence electrons. The predicted octanol–water partition coefficient (Wildman–Crippen LogP) is 2.08. The van der Waals surface area contributed by atoms with E-state index in [2.05, 4.69) is 5.10 Å². The van der Waals surface area contributed by atoms with E-state index in [0.717, 1.165) is 12.5 Å². The summed E-state index contributed by atoms with van der Waals surface area (Å²) in [6, 6.07) is 0.872. The van der Waals surface area contributed by atoms with Crippen molar-refractivity contribution in [3.05, 3.63) is 22.1 Å². The summed E-state index contributed by atoms with van der Waals surface area (Å²) in [5, 5.41) is 2.39. The van der Waals surface area contributed by atoms with Gasteiger partial charge in [0.25, 0.3) is 12.0 Å². The van der Waals surface area contributed by atoms with Crippen LogP contribution in [-0.2, 0) is 0 Å². The van der Waals surface area contributed by atoms with Crippen LogP contribution in [0.25, 0.3) is 0 Å². The minimum atomic E-state index is -2.61. The molecule has 0 fully saturated rings. The van der Waals surface area contributed by atoms with Crippen LogP contribution in [0.5, 0.6) is 0 Å². The Kier molecular flexibility index (Phi) is 2.85. The lowest BCUT2D eigenvalue weighted by Crippen LogP contribution is -2.19. The van der Waals surface area contributed by atoms with E-state index in [1.807, 2.05) is 6.92 Å². The molecule has 0 aliphatic carbocycles. The first-order chi connectivity index (χ1) is 6.06. The van der Waals surface area contributed by atoms with Gasteiger partial charge in [-0.1, -0.05) is 6.92 Å². The van der Waals surface area contributed by atoms with Gasteiger partial charge in [0, 0.05) is 6.07 Å². The second-order valence-corrected chi connectivity index (χ2v) is 2.98. The molecule has 0 aliphatic heterocycles. The Labute approximate surface area is 74.4 Å². The molecule has 1 unspecified atom stereocenters. The SMILES string of the molecule is CCC(C)n1[nH]c(C(F)F)cc1=O. The highest BCUT2D eigenvalue weighted by Crippen LogP contribution is 2.15. The lowest BCUT2D eigenvalue weighted by atomic mass is 10.3. The number of hydrogen-bond acceptors (Lipinski definition) is 1. The van der Waals surface area contributed by atoms with E-state index in [4.69, 9.17) is 0 Å². The van der Waals surface area contributed by atoms with Crippen LogP contribution in [0.15, 0.2) is 10.9 Å². The molecule has 5 heteroatoms. The molecular formula is C8H12F2N2O. The van der Waals surface area contributed by atoms with Gasteiger partial charge in [0.1, 0.15) is 5.69 Å². The molecular weight excluding hydrogens is 178 g/mol. The summed E-state index contributed by atoms with van der Waals surface area (Å²) in [6.45, 7) is 3.69. The molecule has 1 rings (SSSR count). The van der Waals surface area contributed by atoms with Crippen molar-refractivity contribution in [1.82, 2.24) is 9.78 Å². The number of aromatic nitrogens is 2. The molecule has 0 aromatic carbocycles. The summed E-state index contributed by atoms with van der Waals surface area (Å²) in [4.78, 5) is 11.1. The standard InChI is InChI=1S/C8H12F2N2O/c1-3-5(2)12-7(13)4-6(11-12)8(9)10/h4-5,8,11H,3H2,1-2H3. The van der Waals surface area contributed by atoms with Gasteiger partial charge < -0.3 is 0 Å². The van der Waals surface area contributed by atoms with Gasteiger partial charge in [-0.05, 0) is 13.3 Å². The normalized spacial score (nSPS) is 13.6. The maximum absolute atomic E-state index is 12.1. The zero-order valence-corrected chi connectivity index (χ0v) is 7.55. The van der Waals surface area contributed by atoms with Gasteiger partial charge in [-0.25, -0.2) is 8.78 Å². The fraction of sp³-hybridized carbons (Fsp3) is 0.625. The van der Waals surface area contributed by atoms with Crippen LogP contribution in [0.2, 0.25) is 0 Å². The number of H-pyrrole nitrogens is 1.